The number of nitrogens with zero attached hydrogens (tertiary/aromatic N) is 4. The lowest BCUT2D eigenvalue weighted by Crippen LogP contribution is -2.21. The first-order valence-electron chi connectivity index (χ1n) is 5.26. The van der Waals surface area contributed by atoms with Gasteiger partial charge in [0.05, 0.1) is 5.69 Å². The average Bonchev–Trinajstić information content (AvgIpc) is 2.52. The van der Waals surface area contributed by atoms with Gasteiger partial charge in [-0.15, -0.1) is 0 Å². The first-order chi connectivity index (χ1) is 7.97. The van der Waals surface area contributed by atoms with Crippen molar-refractivity contribution in [3.8, 4) is 5.88 Å². The topological polar surface area (TPSA) is 88.9 Å². The molecule has 7 nitrogen and oxygen atoms in total. The summed E-state index contributed by atoms with van der Waals surface area (Å²) in [7, 11) is 5.68. The van der Waals surface area contributed by atoms with Crippen molar-refractivity contribution in [1.29, 1.82) is 0 Å². The summed E-state index contributed by atoms with van der Waals surface area (Å²) in [5.41, 5.74) is 6.80. The maximum atomic E-state index is 8.72. The van der Waals surface area contributed by atoms with Gasteiger partial charge in [0.15, 0.2) is 5.84 Å². The van der Waals surface area contributed by atoms with Crippen molar-refractivity contribution in [3.05, 3.63) is 11.3 Å². The van der Waals surface area contributed by atoms with Crippen molar-refractivity contribution in [2.45, 2.75) is 6.92 Å². The first-order valence-corrected chi connectivity index (χ1v) is 5.26. The fraction of sp³-hybridized carbons (Fsp3) is 0.600. The van der Waals surface area contributed by atoms with Crippen LogP contribution in [0.5, 0.6) is 5.88 Å². The van der Waals surface area contributed by atoms with Gasteiger partial charge in [-0.2, -0.15) is 5.10 Å². The van der Waals surface area contributed by atoms with E-state index in [0.29, 0.717) is 23.7 Å². The maximum Gasteiger partial charge on any atom is 0.223 e. The van der Waals surface area contributed by atoms with Crippen LogP contribution >= 0.6 is 0 Å². The molecule has 0 atom stereocenters. The fourth-order valence-corrected chi connectivity index (χ4v) is 1.47. The van der Waals surface area contributed by atoms with Crippen molar-refractivity contribution in [2.75, 3.05) is 27.2 Å². The molecule has 1 aromatic heterocycles. The second-order valence-corrected chi connectivity index (χ2v) is 4.03. The minimum Gasteiger partial charge on any atom is -0.476 e. The number of ether oxygens (including phenoxy) is 1. The molecule has 0 fully saturated rings. The van der Waals surface area contributed by atoms with Gasteiger partial charge >= 0.3 is 0 Å². The van der Waals surface area contributed by atoms with Crippen molar-refractivity contribution in [1.82, 2.24) is 14.7 Å². The van der Waals surface area contributed by atoms with E-state index in [-0.39, 0.29) is 5.84 Å². The Balaban J connectivity index is 2.90. The summed E-state index contributed by atoms with van der Waals surface area (Å²) >= 11 is 0. The molecule has 0 aromatic carbocycles. The number of hydrogen-bond acceptors (Lipinski definition) is 5. The Labute approximate surface area is 100 Å². The molecular formula is C10H19N5O2. The number of oxime groups is 1. The summed E-state index contributed by atoms with van der Waals surface area (Å²) in [4.78, 5) is 2.01. The monoisotopic (exact) mass is 241 g/mol. The summed E-state index contributed by atoms with van der Waals surface area (Å²) < 4.78 is 7.19. The molecule has 96 valence electrons. The quantitative estimate of drug-likeness (QED) is 0.321. The highest BCUT2D eigenvalue weighted by atomic mass is 16.5. The zero-order chi connectivity index (χ0) is 13.0. The minimum atomic E-state index is 0.00968. The molecule has 3 N–H and O–H groups in total. The van der Waals surface area contributed by atoms with Gasteiger partial charge in [-0.25, -0.2) is 4.68 Å². The van der Waals surface area contributed by atoms with Crippen LogP contribution in [0, 0.1) is 6.92 Å². The highest BCUT2D eigenvalue weighted by Crippen LogP contribution is 2.20. The van der Waals surface area contributed by atoms with Gasteiger partial charge in [-0.05, 0) is 21.0 Å². The predicted molar refractivity (Wildman–Crippen MR) is 64.5 cm³/mol. The Morgan fingerprint density at radius 1 is 1.59 bits per heavy atom. The lowest BCUT2D eigenvalue weighted by Gasteiger charge is -2.12. The van der Waals surface area contributed by atoms with Gasteiger partial charge in [-0.3, -0.25) is 0 Å². The van der Waals surface area contributed by atoms with E-state index in [1.165, 1.54) is 0 Å². The lowest BCUT2D eigenvalue weighted by atomic mass is 10.2. The molecule has 1 aromatic rings. The van der Waals surface area contributed by atoms with E-state index < -0.39 is 0 Å². The summed E-state index contributed by atoms with van der Waals surface area (Å²) in [5, 5.41) is 15.9. The van der Waals surface area contributed by atoms with Crippen molar-refractivity contribution in [2.24, 2.45) is 17.9 Å². The van der Waals surface area contributed by atoms with Crippen molar-refractivity contribution in [3.63, 3.8) is 0 Å². The van der Waals surface area contributed by atoms with Crippen molar-refractivity contribution < 1.29 is 9.94 Å². The number of nitrogens with two attached hydrogens (primary N) is 1. The van der Waals surface area contributed by atoms with Gasteiger partial charge < -0.3 is 20.6 Å². The number of rotatable bonds is 5. The lowest BCUT2D eigenvalue weighted by molar-refractivity contribution is 0.244. The van der Waals surface area contributed by atoms with E-state index in [1.54, 1.807) is 18.7 Å². The Morgan fingerprint density at radius 2 is 2.24 bits per heavy atom. The van der Waals surface area contributed by atoms with Gasteiger partial charge in [0.25, 0.3) is 0 Å². The second-order valence-electron chi connectivity index (χ2n) is 4.03. The standard InChI is InChI=1S/C10H19N5O2/c1-7-8(9(11)13-16)10(15(4)12-7)17-6-5-14(2)3/h16H,5-6H2,1-4H3,(H2,11,13). The molecule has 0 amide bonds. The van der Waals surface area contributed by atoms with Crippen molar-refractivity contribution >= 4 is 5.84 Å². The van der Waals surface area contributed by atoms with E-state index in [9.17, 15) is 0 Å². The molecule has 7 heteroatoms. The highest BCUT2D eigenvalue weighted by molar-refractivity contribution is 6.00. The van der Waals surface area contributed by atoms with Crippen LogP contribution < -0.4 is 10.5 Å². The van der Waals surface area contributed by atoms with E-state index in [1.807, 2.05) is 19.0 Å². The number of amidine groups is 1. The molecule has 17 heavy (non-hydrogen) atoms. The third-order valence-corrected chi connectivity index (χ3v) is 2.31. The van der Waals surface area contributed by atoms with E-state index in [4.69, 9.17) is 15.7 Å². The third-order valence-electron chi connectivity index (χ3n) is 2.31. The molecule has 0 unspecified atom stereocenters. The Bertz CT molecular complexity index is 411. The Hall–Kier alpha value is -1.76. The van der Waals surface area contributed by atoms with Crippen LogP contribution in [0.4, 0.5) is 0 Å². The molecule has 0 aliphatic carbocycles. The molecule has 1 heterocycles. The smallest absolute Gasteiger partial charge is 0.223 e. The van der Waals surface area contributed by atoms with Crippen LogP contribution in [0.3, 0.4) is 0 Å². The SMILES string of the molecule is Cc1nn(C)c(OCCN(C)C)c1C(N)=NO. The van der Waals surface area contributed by atoms with E-state index in [2.05, 4.69) is 10.3 Å². The minimum absolute atomic E-state index is 0.00968. The average molecular weight is 241 g/mol. The molecule has 0 aliphatic rings. The largest absolute Gasteiger partial charge is 0.476 e. The summed E-state index contributed by atoms with van der Waals surface area (Å²) in [6.07, 6.45) is 0. The van der Waals surface area contributed by atoms with Gasteiger partial charge in [0, 0.05) is 13.6 Å². The van der Waals surface area contributed by atoms with Crippen LogP contribution in [0.2, 0.25) is 0 Å². The predicted octanol–water partition coefficient (Wildman–Crippen LogP) is -0.237. The van der Waals surface area contributed by atoms with E-state index >= 15 is 0 Å². The van der Waals surface area contributed by atoms with E-state index in [0.717, 1.165) is 6.54 Å². The number of hydrogen-bond donors (Lipinski definition) is 2. The maximum absolute atomic E-state index is 8.72. The molecule has 0 spiro atoms. The Morgan fingerprint density at radius 3 is 2.76 bits per heavy atom. The molecular weight excluding hydrogens is 222 g/mol. The van der Waals surface area contributed by atoms with Crippen LogP contribution in [-0.2, 0) is 7.05 Å². The Kier molecular flexibility index (Phi) is 4.33. The van der Waals surface area contributed by atoms with Crippen LogP contribution in [0.25, 0.3) is 0 Å². The zero-order valence-corrected chi connectivity index (χ0v) is 10.6. The molecule has 0 radical (unpaired) electrons. The van der Waals surface area contributed by atoms with Gasteiger partial charge in [0.2, 0.25) is 5.88 Å². The fourth-order valence-electron chi connectivity index (χ4n) is 1.47. The number of likely N-dealkylation sites (N-methyl/N-ethyl adjacent to an activating group) is 1. The van der Waals surface area contributed by atoms with Crippen LogP contribution in [0.1, 0.15) is 11.3 Å². The highest BCUT2D eigenvalue weighted by Gasteiger charge is 2.18. The summed E-state index contributed by atoms with van der Waals surface area (Å²) in [6, 6.07) is 0. The molecule has 0 saturated heterocycles. The summed E-state index contributed by atoms with van der Waals surface area (Å²) in [6.45, 7) is 3.07. The molecule has 0 bridgehead atoms. The zero-order valence-electron chi connectivity index (χ0n) is 10.6. The first kappa shape index (κ1) is 13.3. The number of aromatic nitrogens is 2. The van der Waals surface area contributed by atoms with Crippen LogP contribution in [0.15, 0.2) is 5.16 Å². The molecule has 0 saturated carbocycles. The van der Waals surface area contributed by atoms with Gasteiger partial charge in [-0.1, -0.05) is 5.16 Å². The molecule has 1 rings (SSSR count). The molecule has 0 aliphatic heterocycles. The normalized spacial score (nSPS) is 12.2. The third kappa shape index (κ3) is 3.10. The number of aryl methyl sites for hydroxylation is 2. The van der Waals surface area contributed by atoms with Crippen LogP contribution in [-0.4, -0.2) is 53.0 Å². The van der Waals surface area contributed by atoms with Gasteiger partial charge in [0.1, 0.15) is 12.2 Å². The second kappa shape index (κ2) is 5.53. The summed E-state index contributed by atoms with van der Waals surface area (Å²) in [5.74, 6) is 0.523.